The number of halogens is 1. The second-order valence-corrected chi connectivity index (χ2v) is 10.1. The number of benzene rings is 2. The maximum absolute atomic E-state index is 14.1. The first-order chi connectivity index (χ1) is 18.5. The molecule has 1 N–H and O–H groups in total. The van der Waals surface area contributed by atoms with Crippen molar-refractivity contribution in [1.82, 2.24) is 14.9 Å². The van der Waals surface area contributed by atoms with Crippen LogP contribution in [0.25, 0.3) is 5.69 Å². The quantitative estimate of drug-likeness (QED) is 0.339. The zero-order valence-electron chi connectivity index (χ0n) is 21.5. The fourth-order valence-electron chi connectivity index (χ4n) is 5.69. The van der Waals surface area contributed by atoms with Crippen LogP contribution in [0.4, 0.5) is 15.8 Å². The van der Waals surface area contributed by atoms with Gasteiger partial charge in [0.1, 0.15) is 5.82 Å². The van der Waals surface area contributed by atoms with E-state index in [1.54, 1.807) is 12.1 Å². The molecule has 0 amide bonds. The van der Waals surface area contributed by atoms with E-state index < -0.39 is 0 Å². The van der Waals surface area contributed by atoms with E-state index in [4.69, 9.17) is 17.0 Å². The van der Waals surface area contributed by atoms with Crippen LogP contribution in [0.3, 0.4) is 0 Å². The highest BCUT2D eigenvalue weighted by molar-refractivity contribution is 7.80. The molecule has 8 heteroatoms. The lowest BCUT2D eigenvalue weighted by Crippen LogP contribution is -2.36. The van der Waals surface area contributed by atoms with Gasteiger partial charge in [-0.3, -0.25) is 4.98 Å². The largest absolute Gasteiger partial charge is 0.378 e. The monoisotopic (exact) mass is 527 g/mol. The Morgan fingerprint density at radius 2 is 1.68 bits per heavy atom. The molecule has 194 valence electrons. The van der Waals surface area contributed by atoms with E-state index in [1.165, 1.54) is 11.8 Å². The van der Waals surface area contributed by atoms with E-state index in [2.05, 4.69) is 68.8 Å². The van der Waals surface area contributed by atoms with Crippen LogP contribution in [0.5, 0.6) is 0 Å². The number of hydrogen-bond donors (Lipinski definition) is 1. The van der Waals surface area contributed by atoms with E-state index in [9.17, 15) is 4.39 Å². The topological polar surface area (TPSA) is 45.6 Å². The molecule has 2 atom stereocenters. The minimum absolute atomic E-state index is 0.139. The first kappa shape index (κ1) is 24.6. The van der Waals surface area contributed by atoms with Crippen LogP contribution < -0.4 is 15.1 Å². The van der Waals surface area contributed by atoms with Crippen LogP contribution in [0.1, 0.15) is 34.7 Å². The molecule has 0 spiro atoms. The average molecular weight is 528 g/mol. The number of rotatable bonds is 5. The van der Waals surface area contributed by atoms with Gasteiger partial charge in [-0.25, -0.2) is 4.39 Å². The summed E-state index contributed by atoms with van der Waals surface area (Å²) in [5.41, 5.74) is 7.10. The molecule has 6 nitrogen and oxygen atoms in total. The molecular formula is C30H30FN5OS. The summed E-state index contributed by atoms with van der Waals surface area (Å²) in [7, 11) is 0. The summed E-state index contributed by atoms with van der Waals surface area (Å²) in [6.45, 7) is 7.41. The Morgan fingerprint density at radius 3 is 2.39 bits per heavy atom. The van der Waals surface area contributed by atoms with Crippen molar-refractivity contribution >= 4 is 28.7 Å². The number of ether oxygens (including phenoxy) is 1. The summed E-state index contributed by atoms with van der Waals surface area (Å²) >= 11 is 5.93. The summed E-state index contributed by atoms with van der Waals surface area (Å²) < 4.78 is 21.8. The van der Waals surface area contributed by atoms with Crippen molar-refractivity contribution in [2.75, 3.05) is 36.1 Å². The molecule has 2 aliphatic rings. The maximum atomic E-state index is 14.1. The molecule has 2 aromatic carbocycles. The highest BCUT2D eigenvalue weighted by Crippen LogP contribution is 2.44. The highest BCUT2D eigenvalue weighted by Gasteiger charge is 2.42. The number of pyridine rings is 1. The lowest BCUT2D eigenvalue weighted by atomic mass is 9.96. The van der Waals surface area contributed by atoms with Gasteiger partial charge >= 0.3 is 0 Å². The van der Waals surface area contributed by atoms with Gasteiger partial charge in [-0.1, -0.05) is 12.1 Å². The number of thiocarbonyl (C=S) groups is 1. The smallest absolute Gasteiger partial charge is 0.174 e. The molecule has 2 saturated heterocycles. The molecule has 0 unspecified atom stereocenters. The van der Waals surface area contributed by atoms with Gasteiger partial charge in [-0.15, -0.1) is 0 Å². The predicted octanol–water partition coefficient (Wildman–Crippen LogP) is 5.64. The van der Waals surface area contributed by atoms with Crippen molar-refractivity contribution < 1.29 is 9.13 Å². The average Bonchev–Trinajstić information content (AvgIpc) is 3.44. The lowest BCUT2D eigenvalue weighted by molar-refractivity contribution is 0.122. The minimum Gasteiger partial charge on any atom is -0.378 e. The van der Waals surface area contributed by atoms with Crippen molar-refractivity contribution in [2.45, 2.75) is 25.9 Å². The molecule has 4 heterocycles. The zero-order valence-corrected chi connectivity index (χ0v) is 22.3. The molecule has 2 aromatic heterocycles. The molecule has 0 radical (unpaired) electrons. The Hall–Kier alpha value is -3.75. The summed E-state index contributed by atoms with van der Waals surface area (Å²) in [5.74, 6) is -0.256. The van der Waals surface area contributed by atoms with Crippen molar-refractivity contribution in [1.29, 1.82) is 0 Å². The van der Waals surface area contributed by atoms with E-state index in [0.29, 0.717) is 5.11 Å². The molecule has 0 aliphatic carbocycles. The SMILES string of the molecule is Cc1cc([C@@H]2[C@H](c3ccccn3)NC(=S)N2c2ccc(N3CCOCC3)cc2)c(C)n1-c1cccc(F)c1. The Morgan fingerprint density at radius 1 is 0.921 bits per heavy atom. The molecule has 0 bridgehead atoms. The van der Waals surface area contributed by atoms with Crippen molar-refractivity contribution in [2.24, 2.45) is 0 Å². The van der Waals surface area contributed by atoms with Gasteiger partial charge in [0.05, 0.1) is 31.0 Å². The van der Waals surface area contributed by atoms with Crippen LogP contribution in [0.2, 0.25) is 0 Å². The van der Waals surface area contributed by atoms with Crippen LogP contribution in [-0.4, -0.2) is 41.0 Å². The van der Waals surface area contributed by atoms with Crippen LogP contribution in [-0.2, 0) is 4.74 Å². The van der Waals surface area contributed by atoms with E-state index in [1.807, 2.05) is 30.5 Å². The van der Waals surface area contributed by atoms with Gasteiger partial charge < -0.3 is 24.4 Å². The standard InChI is InChI=1S/C30H30FN5OS/c1-20-18-26(21(2)35(20)25-7-5-6-22(31)19-25)29-28(27-8-3-4-13-32-27)33-30(38)36(29)24-11-9-23(10-12-24)34-14-16-37-17-15-34/h3-13,18-19,28-29H,14-17H2,1-2H3,(H,33,38)/t28-,29+/m0/s1. The molecule has 6 rings (SSSR count). The number of anilines is 2. The first-order valence-corrected chi connectivity index (χ1v) is 13.3. The molecule has 38 heavy (non-hydrogen) atoms. The van der Waals surface area contributed by atoms with Gasteiger partial charge in [-0.2, -0.15) is 0 Å². The van der Waals surface area contributed by atoms with Gasteiger partial charge in [0.2, 0.25) is 0 Å². The Bertz CT molecular complexity index is 1450. The third kappa shape index (κ3) is 4.44. The minimum atomic E-state index is -0.256. The number of morpholine rings is 1. The van der Waals surface area contributed by atoms with Crippen molar-refractivity contribution in [3.63, 3.8) is 0 Å². The number of aryl methyl sites for hydroxylation is 1. The third-order valence-electron chi connectivity index (χ3n) is 7.46. The summed E-state index contributed by atoms with van der Waals surface area (Å²) in [6.07, 6.45) is 1.81. The van der Waals surface area contributed by atoms with Crippen molar-refractivity contribution in [3.05, 3.63) is 107 Å². The van der Waals surface area contributed by atoms with Crippen LogP contribution in [0.15, 0.2) is 79.0 Å². The Balaban J connectivity index is 1.43. The van der Waals surface area contributed by atoms with Gasteiger partial charge in [0.25, 0.3) is 0 Å². The molecule has 4 aromatic rings. The third-order valence-corrected chi connectivity index (χ3v) is 7.77. The number of nitrogens with zero attached hydrogens (tertiary/aromatic N) is 4. The van der Waals surface area contributed by atoms with Gasteiger partial charge in [0.15, 0.2) is 5.11 Å². The summed E-state index contributed by atoms with van der Waals surface area (Å²) in [6, 6.07) is 23.2. The second-order valence-electron chi connectivity index (χ2n) is 9.75. The first-order valence-electron chi connectivity index (χ1n) is 12.9. The fraction of sp³-hybridized carbons (Fsp3) is 0.267. The predicted molar refractivity (Wildman–Crippen MR) is 153 cm³/mol. The molecular weight excluding hydrogens is 497 g/mol. The Kier molecular flexibility index (Phi) is 6.59. The summed E-state index contributed by atoms with van der Waals surface area (Å²) in [5, 5.41) is 4.20. The van der Waals surface area contributed by atoms with Gasteiger partial charge in [-0.05, 0) is 92.3 Å². The lowest BCUT2D eigenvalue weighted by Gasteiger charge is -2.31. The molecule has 0 saturated carbocycles. The van der Waals surface area contributed by atoms with E-state index in [0.717, 1.165) is 60.3 Å². The maximum Gasteiger partial charge on any atom is 0.174 e. The fourth-order valence-corrected chi connectivity index (χ4v) is 6.04. The van der Waals surface area contributed by atoms with Crippen LogP contribution >= 0.6 is 12.2 Å². The number of hydrogen-bond acceptors (Lipinski definition) is 4. The normalized spacial score (nSPS) is 19.6. The molecule has 2 aliphatic heterocycles. The summed E-state index contributed by atoms with van der Waals surface area (Å²) in [4.78, 5) is 9.21. The molecule has 2 fully saturated rings. The van der Waals surface area contributed by atoms with E-state index >= 15 is 0 Å². The zero-order chi connectivity index (χ0) is 26.2. The number of aromatic nitrogens is 2. The van der Waals surface area contributed by atoms with Gasteiger partial charge in [0, 0.05) is 47.7 Å². The Labute approximate surface area is 227 Å². The second kappa shape index (κ2) is 10.2. The number of nitrogens with one attached hydrogen (secondary N) is 1. The highest BCUT2D eigenvalue weighted by atomic mass is 32.1. The van der Waals surface area contributed by atoms with E-state index in [-0.39, 0.29) is 17.9 Å². The van der Waals surface area contributed by atoms with Crippen LogP contribution in [0, 0.1) is 19.7 Å². The van der Waals surface area contributed by atoms with Crippen molar-refractivity contribution in [3.8, 4) is 5.69 Å².